The number of ether oxygens (including phenoxy) is 1. The van der Waals surface area contributed by atoms with E-state index in [1.54, 1.807) is 7.11 Å². The molecule has 2 aliphatic heterocycles. The van der Waals surface area contributed by atoms with Gasteiger partial charge in [-0.3, -0.25) is 9.69 Å². The summed E-state index contributed by atoms with van der Waals surface area (Å²) in [5.41, 5.74) is 3.18. The summed E-state index contributed by atoms with van der Waals surface area (Å²) in [7, 11) is 3.84. The van der Waals surface area contributed by atoms with Crippen LogP contribution in [0.25, 0.3) is 0 Å². The van der Waals surface area contributed by atoms with E-state index in [9.17, 15) is 4.79 Å². The quantitative estimate of drug-likeness (QED) is 0.747. The Morgan fingerprint density at radius 3 is 2.67 bits per heavy atom. The van der Waals surface area contributed by atoms with Crippen molar-refractivity contribution in [2.24, 2.45) is 5.41 Å². The minimum Gasteiger partial charge on any atom is -0.383 e. The minimum atomic E-state index is 0.151. The van der Waals surface area contributed by atoms with E-state index < -0.39 is 0 Å². The minimum absolute atomic E-state index is 0.151. The number of rotatable bonds is 5. The van der Waals surface area contributed by atoms with E-state index in [1.807, 2.05) is 24.8 Å². The zero-order chi connectivity index (χ0) is 21.5. The van der Waals surface area contributed by atoms with Crippen LogP contribution in [0.2, 0.25) is 0 Å². The molecule has 2 aromatic rings. The van der Waals surface area contributed by atoms with Gasteiger partial charge in [-0.05, 0) is 51.6 Å². The molecule has 4 rings (SSSR count). The van der Waals surface area contributed by atoms with E-state index in [-0.39, 0.29) is 17.4 Å². The molecule has 164 valence electrons. The average molecular weight is 416 g/mol. The van der Waals surface area contributed by atoms with Crippen LogP contribution in [0.3, 0.4) is 0 Å². The SMILES string of the molecule is COCCn1c(C)cc(C(=O)N2CCC3(CC2)CC(c2noc(C)n2)N(C)C3)c1C. The molecule has 1 unspecified atom stereocenters. The van der Waals surface area contributed by atoms with Crippen molar-refractivity contribution in [2.75, 3.05) is 40.4 Å². The fraction of sp³-hybridized carbons (Fsp3) is 0.682. The number of carbonyl (C=O) groups is 1. The molecule has 1 amide bonds. The smallest absolute Gasteiger partial charge is 0.255 e. The van der Waals surface area contributed by atoms with Crippen LogP contribution < -0.4 is 0 Å². The van der Waals surface area contributed by atoms with E-state index >= 15 is 0 Å². The highest BCUT2D eigenvalue weighted by Gasteiger charge is 2.46. The van der Waals surface area contributed by atoms with E-state index in [4.69, 9.17) is 9.26 Å². The highest BCUT2D eigenvalue weighted by atomic mass is 16.5. The normalized spacial score (nSPS) is 21.6. The molecule has 2 aromatic heterocycles. The van der Waals surface area contributed by atoms with Gasteiger partial charge in [0.05, 0.1) is 18.2 Å². The molecule has 2 aliphatic rings. The lowest BCUT2D eigenvalue weighted by molar-refractivity contribution is 0.0592. The van der Waals surface area contributed by atoms with Gasteiger partial charge in [0, 0.05) is 51.6 Å². The van der Waals surface area contributed by atoms with E-state index in [2.05, 4.69) is 33.6 Å². The number of hydrogen-bond acceptors (Lipinski definition) is 6. The maximum Gasteiger partial charge on any atom is 0.255 e. The molecule has 0 aliphatic carbocycles. The molecular formula is C22H33N5O3. The van der Waals surface area contributed by atoms with Crippen LogP contribution in [-0.2, 0) is 11.3 Å². The van der Waals surface area contributed by atoms with Gasteiger partial charge in [-0.1, -0.05) is 5.16 Å². The highest BCUT2D eigenvalue weighted by molar-refractivity contribution is 5.95. The second kappa shape index (κ2) is 8.15. The first kappa shape index (κ1) is 21.1. The highest BCUT2D eigenvalue weighted by Crippen LogP contribution is 2.47. The van der Waals surface area contributed by atoms with Crippen LogP contribution in [0, 0.1) is 26.2 Å². The molecule has 0 radical (unpaired) electrons. The number of aromatic nitrogens is 3. The predicted molar refractivity (Wildman–Crippen MR) is 112 cm³/mol. The lowest BCUT2D eigenvalue weighted by atomic mass is 9.76. The fourth-order valence-electron chi connectivity index (χ4n) is 5.27. The third kappa shape index (κ3) is 3.78. The monoisotopic (exact) mass is 415 g/mol. The molecule has 0 saturated carbocycles. The Morgan fingerprint density at radius 1 is 1.30 bits per heavy atom. The summed E-state index contributed by atoms with van der Waals surface area (Å²) in [6.45, 7) is 9.94. The van der Waals surface area contributed by atoms with Gasteiger partial charge in [-0.15, -0.1) is 0 Å². The number of methoxy groups -OCH3 is 1. The van der Waals surface area contributed by atoms with Crippen molar-refractivity contribution >= 4 is 5.91 Å². The van der Waals surface area contributed by atoms with Gasteiger partial charge in [0.2, 0.25) is 5.89 Å². The lowest BCUT2D eigenvalue weighted by Gasteiger charge is -2.39. The fourth-order valence-corrected chi connectivity index (χ4v) is 5.27. The molecule has 0 aromatic carbocycles. The first-order chi connectivity index (χ1) is 14.3. The van der Waals surface area contributed by atoms with Crippen molar-refractivity contribution in [3.05, 3.63) is 34.7 Å². The van der Waals surface area contributed by atoms with Crippen LogP contribution in [0.5, 0.6) is 0 Å². The van der Waals surface area contributed by atoms with Crippen molar-refractivity contribution in [1.29, 1.82) is 0 Å². The molecule has 8 nitrogen and oxygen atoms in total. The Bertz CT molecular complexity index is 910. The summed E-state index contributed by atoms with van der Waals surface area (Å²) in [4.78, 5) is 22.1. The number of aryl methyl sites for hydroxylation is 2. The molecule has 1 spiro atoms. The maximum atomic E-state index is 13.3. The largest absolute Gasteiger partial charge is 0.383 e. The summed E-state index contributed by atoms with van der Waals surface area (Å²) in [6.07, 6.45) is 3.05. The third-order valence-corrected chi connectivity index (χ3v) is 7.02. The van der Waals surface area contributed by atoms with Crippen LogP contribution in [-0.4, -0.2) is 70.8 Å². The average Bonchev–Trinajstić information content (AvgIpc) is 3.37. The number of piperidine rings is 1. The van der Waals surface area contributed by atoms with E-state index in [0.29, 0.717) is 12.5 Å². The van der Waals surface area contributed by atoms with Crippen molar-refractivity contribution in [3.63, 3.8) is 0 Å². The summed E-state index contributed by atoms with van der Waals surface area (Å²) in [6, 6.07) is 2.22. The second-order valence-electron chi connectivity index (χ2n) is 9.03. The van der Waals surface area contributed by atoms with Crippen molar-refractivity contribution < 1.29 is 14.1 Å². The number of nitrogens with zero attached hydrogens (tertiary/aromatic N) is 5. The Morgan fingerprint density at radius 2 is 2.03 bits per heavy atom. The second-order valence-corrected chi connectivity index (χ2v) is 9.03. The molecule has 4 heterocycles. The van der Waals surface area contributed by atoms with Gasteiger partial charge in [-0.25, -0.2) is 0 Å². The van der Waals surface area contributed by atoms with Crippen LogP contribution in [0.15, 0.2) is 10.6 Å². The summed E-state index contributed by atoms with van der Waals surface area (Å²) < 4.78 is 12.6. The molecular weight excluding hydrogens is 382 g/mol. The van der Waals surface area contributed by atoms with Gasteiger partial charge in [-0.2, -0.15) is 4.98 Å². The first-order valence-electron chi connectivity index (χ1n) is 10.8. The van der Waals surface area contributed by atoms with Gasteiger partial charge in [0.1, 0.15) is 0 Å². The topological polar surface area (TPSA) is 76.6 Å². The summed E-state index contributed by atoms with van der Waals surface area (Å²) >= 11 is 0. The Hall–Kier alpha value is -2.19. The molecule has 0 N–H and O–H groups in total. The lowest BCUT2D eigenvalue weighted by Crippen LogP contribution is -2.44. The van der Waals surface area contributed by atoms with Gasteiger partial charge in [0.25, 0.3) is 5.91 Å². The first-order valence-corrected chi connectivity index (χ1v) is 10.8. The molecule has 2 fully saturated rings. The molecule has 0 bridgehead atoms. The summed E-state index contributed by atoms with van der Waals surface area (Å²) in [5.74, 6) is 1.55. The zero-order valence-electron chi connectivity index (χ0n) is 18.8. The van der Waals surface area contributed by atoms with Crippen molar-refractivity contribution in [2.45, 2.75) is 52.6 Å². The predicted octanol–water partition coefficient (Wildman–Crippen LogP) is 2.74. The standard InChI is InChI=1S/C22H33N5O3/c1-15-12-18(16(2)27(15)10-11-29-5)21(28)26-8-6-22(7-9-26)13-19(25(4)14-22)20-23-17(3)30-24-20/h12,19H,6-11,13-14H2,1-5H3. The van der Waals surface area contributed by atoms with Crippen LogP contribution in [0.1, 0.15) is 58.8 Å². The zero-order valence-corrected chi connectivity index (χ0v) is 18.8. The Balaban J connectivity index is 1.42. The van der Waals surface area contributed by atoms with E-state index in [1.165, 1.54) is 0 Å². The van der Waals surface area contributed by atoms with E-state index in [0.717, 1.165) is 68.2 Å². The molecule has 2 saturated heterocycles. The number of carbonyl (C=O) groups excluding carboxylic acids is 1. The van der Waals surface area contributed by atoms with Gasteiger partial charge in [0.15, 0.2) is 5.82 Å². The Kier molecular flexibility index (Phi) is 5.72. The van der Waals surface area contributed by atoms with Crippen LogP contribution in [0.4, 0.5) is 0 Å². The van der Waals surface area contributed by atoms with Crippen LogP contribution >= 0.6 is 0 Å². The number of hydrogen-bond donors (Lipinski definition) is 0. The molecule has 8 heteroatoms. The molecule has 30 heavy (non-hydrogen) atoms. The third-order valence-electron chi connectivity index (χ3n) is 7.02. The number of likely N-dealkylation sites (tertiary alicyclic amines) is 2. The summed E-state index contributed by atoms with van der Waals surface area (Å²) in [5, 5.41) is 4.15. The maximum absolute atomic E-state index is 13.3. The van der Waals surface area contributed by atoms with Crippen molar-refractivity contribution in [3.8, 4) is 0 Å². The Labute approximate surface area is 178 Å². The molecule has 1 atom stereocenters. The van der Waals surface area contributed by atoms with Gasteiger partial charge >= 0.3 is 0 Å². The van der Waals surface area contributed by atoms with Gasteiger partial charge < -0.3 is 18.7 Å². The number of amides is 1. The van der Waals surface area contributed by atoms with Crippen molar-refractivity contribution in [1.82, 2.24) is 24.5 Å².